The molecule has 0 aromatic heterocycles. The van der Waals surface area contributed by atoms with Gasteiger partial charge in [-0.2, -0.15) is 0 Å². The Labute approximate surface area is 136 Å². The van der Waals surface area contributed by atoms with Crippen molar-refractivity contribution in [1.82, 2.24) is 10.2 Å². The molecule has 0 aromatic carbocycles. The average molecular weight is 326 g/mol. The molecule has 4 atom stereocenters. The number of nitrogens with zero attached hydrogens (tertiary/aromatic N) is 1. The maximum absolute atomic E-state index is 13.0. The van der Waals surface area contributed by atoms with E-state index in [0.717, 1.165) is 19.3 Å². The van der Waals surface area contributed by atoms with Crippen LogP contribution in [0.1, 0.15) is 40.0 Å². The molecular formula is C16H26N2O5. The van der Waals surface area contributed by atoms with Crippen molar-refractivity contribution in [2.24, 2.45) is 11.8 Å². The minimum absolute atomic E-state index is 0.0580. The van der Waals surface area contributed by atoms with Crippen LogP contribution in [0.4, 0.5) is 4.79 Å². The van der Waals surface area contributed by atoms with E-state index >= 15 is 0 Å². The first-order valence-electron chi connectivity index (χ1n) is 8.24. The molecule has 130 valence electrons. The number of alkyl carbamates (subject to hydrolysis) is 1. The molecule has 2 fully saturated rings. The van der Waals surface area contributed by atoms with Gasteiger partial charge in [-0.15, -0.1) is 0 Å². The van der Waals surface area contributed by atoms with Gasteiger partial charge in [0.2, 0.25) is 5.91 Å². The molecule has 23 heavy (non-hydrogen) atoms. The summed E-state index contributed by atoms with van der Waals surface area (Å²) in [6.07, 6.45) is 2.02. The third-order valence-electron chi connectivity index (χ3n) is 4.76. The third-order valence-corrected chi connectivity index (χ3v) is 4.76. The SMILES string of the molecule is CCOC(=O)[C@@H]1[C@H]2CCC(C2)N1C(=O)[C@@H](NC(=O)OC)C(C)C. The number of nitrogens with one attached hydrogen (secondary N) is 1. The smallest absolute Gasteiger partial charge is 0.407 e. The minimum Gasteiger partial charge on any atom is -0.464 e. The van der Waals surface area contributed by atoms with Gasteiger partial charge in [0, 0.05) is 6.04 Å². The number of ether oxygens (including phenoxy) is 2. The number of piperidine rings is 1. The summed E-state index contributed by atoms with van der Waals surface area (Å²) in [6, 6.07) is -1.18. The van der Waals surface area contributed by atoms with Gasteiger partial charge in [-0.05, 0) is 38.0 Å². The van der Waals surface area contributed by atoms with Crippen molar-refractivity contribution >= 4 is 18.0 Å². The number of likely N-dealkylation sites (tertiary alicyclic amines) is 1. The molecule has 2 bridgehead atoms. The Balaban J connectivity index is 2.20. The zero-order valence-electron chi connectivity index (χ0n) is 14.2. The first-order valence-corrected chi connectivity index (χ1v) is 8.24. The molecule has 0 aromatic rings. The topological polar surface area (TPSA) is 84.9 Å². The van der Waals surface area contributed by atoms with Gasteiger partial charge in [0.1, 0.15) is 12.1 Å². The molecule has 1 saturated carbocycles. The van der Waals surface area contributed by atoms with Crippen LogP contribution in [-0.2, 0) is 19.1 Å². The lowest BCUT2D eigenvalue weighted by atomic mass is 9.96. The molecular weight excluding hydrogens is 300 g/mol. The molecule has 1 saturated heterocycles. The number of carbonyl (C=O) groups excluding carboxylic acids is 3. The summed E-state index contributed by atoms with van der Waals surface area (Å²) in [6.45, 7) is 5.76. The summed E-state index contributed by atoms with van der Waals surface area (Å²) in [5, 5.41) is 2.59. The van der Waals surface area contributed by atoms with E-state index in [1.54, 1.807) is 11.8 Å². The Kier molecular flexibility index (Phi) is 5.49. The average Bonchev–Trinajstić information content (AvgIpc) is 3.12. The molecule has 1 heterocycles. The lowest BCUT2D eigenvalue weighted by Crippen LogP contribution is -2.58. The number of rotatable bonds is 5. The second-order valence-electron chi connectivity index (χ2n) is 6.53. The lowest BCUT2D eigenvalue weighted by molar-refractivity contribution is -0.158. The number of hydrogen-bond acceptors (Lipinski definition) is 5. The van der Waals surface area contributed by atoms with Crippen molar-refractivity contribution in [2.45, 2.75) is 58.2 Å². The predicted molar refractivity (Wildman–Crippen MR) is 82.6 cm³/mol. The second-order valence-corrected chi connectivity index (χ2v) is 6.53. The van der Waals surface area contributed by atoms with Crippen molar-refractivity contribution in [3.8, 4) is 0 Å². The van der Waals surface area contributed by atoms with Crippen LogP contribution in [-0.4, -0.2) is 54.7 Å². The predicted octanol–water partition coefficient (Wildman–Crippen LogP) is 1.31. The van der Waals surface area contributed by atoms with E-state index in [1.807, 2.05) is 13.8 Å². The van der Waals surface area contributed by atoms with Gasteiger partial charge in [0.05, 0.1) is 13.7 Å². The standard InChI is InChI=1S/C16H26N2O5/c1-5-23-15(20)13-10-6-7-11(8-10)18(13)14(19)12(9(2)3)17-16(21)22-4/h9-13H,5-8H2,1-4H3,(H,17,21)/t10-,11?,12-,13-/m0/s1. The molecule has 2 aliphatic rings. The van der Waals surface area contributed by atoms with Crippen molar-refractivity contribution in [1.29, 1.82) is 0 Å². The quantitative estimate of drug-likeness (QED) is 0.770. The Morgan fingerprint density at radius 2 is 1.96 bits per heavy atom. The summed E-state index contributed by atoms with van der Waals surface area (Å²) in [5.74, 6) is -0.512. The zero-order chi connectivity index (χ0) is 17.1. The van der Waals surface area contributed by atoms with Gasteiger partial charge in [-0.25, -0.2) is 9.59 Å². The highest BCUT2D eigenvalue weighted by Gasteiger charge is 2.53. The zero-order valence-corrected chi connectivity index (χ0v) is 14.2. The highest BCUT2D eigenvalue weighted by Crippen LogP contribution is 2.43. The van der Waals surface area contributed by atoms with Gasteiger partial charge >= 0.3 is 12.1 Å². The van der Waals surface area contributed by atoms with Crippen molar-refractivity contribution in [2.75, 3.05) is 13.7 Å². The number of esters is 1. The summed E-state index contributed by atoms with van der Waals surface area (Å²) in [5.41, 5.74) is 0. The Bertz CT molecular complexity index is 479. The Hall–Kier alpha value is -1.79. The highest BCUT2D eigenvalue weighted by atomic mass is 16.5. The van der Waals surface area contributed by atoms with Crippen molar-refractivity contribution < 1.29 is 23.9 Å². The summed E-state index contributed by atoms with van der Waals surface area (Å²) < 4.78 is 9.76. The maximum atomic E-state index is 13.0. The van der Waals surface area contributed by atoms with E-state index in [-0.39, 0.29) is 29.8 Å². The third kappa shape index (κ3) is 3.43. The molecule has 1 aliphatic heterocycles. The van der Waals surface area contributed by atoms with E-state index in [2.05, 4.69) is 10.1 Å². The van der Waals surface area contributed by atoms with Crippen LogP contribution >= 0.6 is 0 Å². The molecule has 1 N–H and O–H groups in total. The maximum Gasteiger partial charge on any atom is 0.407 e. The summed E-state index contributed by atoms with van der Waals surface area (Å²) in [7, 11) is 1.26. The van der Waals surface area contributed by atoms with Gasteiger partial charge < -0.3 is 19.7 Å². The Morgan fingerprint density at radius 3 is 2.52 bits per heavy atom. The van der Waals surface area contributed by atoms with E-state index in [0.29, 0.717) is 6.61 Å². The first kappa shape index (κ1) is 17.6. The summed E-state index contributed by atoms with van der Waals surface area (Å²) in [4.78, 5) is 38.5. The van der Waals surface area contributed by atoms with Gasteiger partial charge in [0.15, 0.2) is 0 Å². The molecule has 7 heteroatoms. The van der Waals surface area contributed by atoms with Gasteiger partial charge in [0.25, 0.3) is 0 Å². The van der Waals surface area contributed by atoms with Crippen molar-refractivity contribution in [3.05, 3.63) is 0 Å². The lowest BCUT2D eigenvalue weighted by Gasteiger charge is -2.37. The van der Waals surface area contributed by atoms with Crippen LogP contribution in [0.2, 0.25) is 0 Å². The monoisotopic (exact) mass is 326 g/mol. The second kappa shape index (κ2) is 7.19. The molecule has 1 unspecified atom stereocenters. The molecule has 0 radical (unpaired) electrons. The van der Waals surface area contributed by atoms with Crippen LogP contribution in [0.15, 0.2) is 0 Å². The van der Waals surface area contributed by atoms with Gasteiger partial charge in [-0.3, -0.25) is 4.79 Å². The fraction of sp³-hybridized carbons (Fsp3) is 0.812. The fourth-order valence-electron chi connectivity index (χ4n) is 3.70. The summed E-state index contributed by atoms with van der Waals surface area (Å²) >= 11 is 0. The van der Waals surface area contributed by atoms with Gasteiger partial charge in [-0.1, -0.05) is 13.8 Å². The van der Waals surface area contributed by atoms with E-state index < -0.39 is 18.2 Å². The fourth-order valence-corrected chi connectivity index (χ4v) is 3.70. The van der Waals surface area contributed by atoms with E-state index in [9.17, 15) is 14.4 Å². The van der Waals surface area contributed by atoms with E-state index in [1.165, 1.54) is 7.11 Å². The molecule has 7 nitrogen and oxygen atoms in total. The molecule has 2 amide bonds. The van der Waals surface area contributed by atoms with E-state index in [4.69, 9.17) is 4.74 Å². The highest BCUT2D eigenvalue weighted by molar-refractivity contribution is 5.91. The molecule has 2 rings (SSSR count). The number of hydrogen-bond donors (Lipinski definition) is 1. The van der Waals surface area contributed by atoms with Crippen LogP contribution in [0.25, 0.3) is 0 Å². The number of methoxy groups -OCH3 is 1. The first-order chi connectivity index (χ1) is 10.9. The van der Waals surface area contributed by atoms with Crippen molar-refractivity contribution in [3.63, 3.8) is 0 Å². The van der Waals surface area contributed by atoms with Crippen LogP contribution < -0.4 is 5.32 Å². The largest absolute Gasteiger partial charge is 0.464 e. The molecule has 0 spiro atoms. The number of fused-ring (bicyclic) bond motifs is 2. The molecule has 1 aliphatic carbocycles. The number of carbonyl (C=O) groups is 3. The van der Waals surface area contributed by atoms with Crippen LogP contribution in [0.3, 0.4) is 0 Å². The Morgan fingerprint density at radius 1 is 1.26 bits per heavy atom. The minimum atomic E-state index is -0.710. The van der Waals surface area contributed by atoms with Crippen LogP contribution in [0.5, 0.6) is 0 Å². The number of amides is 2. The normalized spacial score (nSPS) is 27.0. The van der Waals surface area contributed by atoms with Crippen LogP contribution in [0, 0.1) is 11.8 Å².